The SMILES string of the molecule is CC/C=C/C=C/C=C/C=C/C=C/CCCC(=O)OCC(COCCC(C(=O)[O-])[N+](C)(C)C)OC(=O)CCCCCCC/C=C/C=C/C=C/CC. The lowest BCUT2D eigenvalue weighted by atomic mass is 10.1. The third-order valence-corrected chi connectivity index (χ3v) is 7.41. The molecule has 0 fully saturated rings. The van der Waals surface area contributed by atoms with Gasteiger partial charge in [-0.05, 0) is 44.9 Å². The Morgan fingerprint density at radius 3 is 1.62 bits per heavy atom. The number of hydrogen-bond donors (Lipinski definition) is 0. The molecular weight excluding hydrogens is 630 g/mol. The molecule has 0 spiro atoms. The minimum atomic E-state index is -1.15. The van der Waals surface area contributed by atoms with Crippen LogP contribution in [0.15, 0.2) is 97.2 Å². The molecule has 0 amide bonds. The first-order chi connectivity index (χ1) is 24.1. The van der Waals surface area contributed by atoms with Gasteiger partial charge in [0.2, 0.25) is 0 Å². The Bertz CT molecular complexity index is 1140. The van der Waals surface area contributed by atoms with Crippen LogP contribution in [0.1, 0.15) is 97.3 Å². The molecule has 0 N–H and O–H groups in total. The van der Waals surface area contributed by atoms with Crippen molar-refractivity contribution in [1.29, 1.82) is 0 Å². The number of carbonyl (C=O) groups excluding carboxylic acids is 3. The minimum Gasteiger partial charge on any atom is -0.544 e. The van der Waals surface area contributed by atoms with E-state index in [0.717, 1.165) is 57.8 Å². The van der Waals surface area contributed by atoms with Crippen LogP contribution < -0.4 is 5.11 Å². The van der Waals surface area contributed by atoms with E-state index in [1.165, 1.54) is 0 Å². The first-order valence-electron chi connectivity index (χ1n) is 18.4. The molecule has 280 valence electrons. The van der Waals surface area contributed by atoms with Crippen LogP contribution in [0, 0.1) is 0 Å². The summed E-state index contributed by atoms with van der Waals surface area (Å²) >= 11 is 0. The summed E-state index contributed by atoms with van der Waals surface area (Å²) in [5.74, 6) is -1.88. The average molecular weight is 696 g/mol. The zero-order chi connectivity index (χ0) is 37.1. The first kappa shape index (κ1) is 46.2. The zero-order valence-electron chi connectivity index (χ0n) is 31.5. The second-order valence-corrected chi connectivity index (χ2v) is 12.9. The molecule has 0 aromatic heterocycles. The molecule has 0 aliphatic heterocycles. The van der Waals surface area contributed by atoms with Gasteiger partial charge in [-0.2, -0.15) is 0 Å². The average Bonchev–Trinajstić information content (AvgIpc) is 3.06. The van der Waals surface area contributed by atoms with Crippen molar-refractivity contribution in [2.45, 2.75) is 109 Å². The number of likely N-dealkylation sites (N-methyl/N-ethyl adjacent to an activating group) is 1. The number of unbranched alkanes of at least 4 members (excludes halogenated alkanes) is 6. The number of esters is 2. The lowest BCUT2D eigenvalue weighted by Crippen LogP contribution is -2.55. The normalized spacial score (nSPS) is 14.2. The predicted molar refractivity (Wildman–Crippen MR) is 203 cm³/mol. The molecule has 0 aromatic carbocycles. The van der Waals surface area contributed by atoms with Crippen molar-refractivity contribution in [3.8, 4) is 0 Å². The number of hydrogen-bond acceptors (Lipinski definition) is 7. The summed E-state index contributed by atoms with van der Waals surface area (Å²) in [5, 5.41) is 11.6. The van der Waals surface area contributed by atoms with E-state index in [9.17, 15) is 19.5 Å². The maximum atomic E-state index is 12.6. The molecule has 2 atom stereocenters. The van der Waals surface area contributed by atoms with Gasteiger partial charge in [0.25, 0.3) is 0 Å². The van der Waals surface area contributed by atoms with Gasteiger partial charge in [-0.25, -0.2) is 0 Å². The van der Waals surface area contributed by atoms with E-state index in [1.54, 1.807) is 21.1 Å². The zero-order valence-corrected chi connectivity index (χ0v) is 31.5. The smallest absolute Gasteiger partial charge is 0.306 e. The lowest BCUT2D eigenvalue weighted by molar-refractivity contribution is -0.889. The fourth-order valence-corrected chi connectivity index (χ4v) is 4.57. The van der Waals surface area contributed by atoms with Gasteiger partial charge < -0.3 is 28.6 Å². The third kappa shape index (κ3) is 30.3. The van der Waals surface area contributed by atoms with Crippen molar-refractivity contribution in [3.63, 3.8) is 0 Å². The molecule has 0 heterocycles. The second kappa shape index (κ2) is 32.5. The van der Waals surface area contributed by atoms with Gasteiger partial charge in [0.1, 0.15) is 12.6 Å². The molecule has 50 heavy (non-hydrogen) atoms. The van der Waals surface area contributed by atoms with Crippen molar-refractivity contribution >= 4 is 17.9 Å². The molecule has 0 aromatic rings. The maximum Gasteiger partial charge on any atom is 0.306 e. The van der Waals surface area contributed by atoms with Crippen molar-refractivity contribution in [2.75, 3.05) is 41.0 Å². The molecular formula is C42H65NO7. The van der Waals surface area contributed by atoms with Crippen molar-refractivity contribution in [3.05, 3.63) is 97.2 Å². The number of carbonyl (C=O) groups is 3. The van der Waals surface area contributed by atoms with Crippen LogP contribution in [0.2, 0.25) is 0 Å². The molecule has 8 heteroatoms. The second-order valence-electron chi connectivity index (χ2n) is 12.9. The van der Waals surface area contributed by atoms with E-state index in [-0.39, 0.29) is 55.5 Å². The third-order valence-electron chi connectivity index (χ3n) is 7.41. The van der Waals surface area contributed by atoms with Crippen molar-refractivity contribution < 1.29 is 38.2 Å². The Balaban J connectivity index is 4.63. The molecule has 0 radical (unpaired) electrons. The number of quaternary nitrogens is 1. The van der Waals surface area contributed by atoms with Crippen LogP contribution >= 0.6 is 0 Å². The van der Waals surface area contributed by atoms with Crippen LogP contribution in [0.5, 0.6) is 0 Å². The molecule has 0 bridgehead atoms. The largest absolute Gasteiger partial charge is 0.544 e. The minimum absolute atomic E-state index is 0.00226. The van der Waals surface area contributed by atoms with Crippen LogP contribution in [0.25, 0.3) is 0 Å². The topological polar surface area (TPSA) is 102 Å². The Kier molecular flexibility index (Phi) is 30.0. The lowest BCUT2D eigenvalue weighted by Gasteiger charge is -2.34. The quantitative estimate of drug-likeness (QED) is 0.0327. The van der Waals surface area contributed by atoms with Crippen molar-refractivity contribution in [1.82, 2.24) is 0 Å². The number of carboxylic acids is 1. The monoisotopic (exact) mass is 695 g/mol. The van der Waals surface area contributed by atoms with Gasteiger partial charge in [-0.3, -0.25) is 9.59 Å². The summed E-state index contributed by atoms with van der Waals surface area (Å²) < 4.78 is 17.0. The van der Waals surface area contributed by atoms with Gasteiger partial charge in [-0.1, -0.05) is 130 Å². The van der Waals surface area contributed by atoms with E-state index in [1.807, 2.05) is 72.9 Å². The molecule has 2 unspecified atom stereocenters. The van der Waals surface area contributed by atoms with E-state index >= 15 is 0 Å². The van der Waals surface area contributed by atoms with E-state index in [0.29, 0.717) is 6.42 Å². The number of nitrogens with zero attached hydrogens (tertiary/aromatic N) is 1. The Hall–Kier alpha value is -3.75. The Morgan fingerprint density at radius 1 is 0.600 bits per heavy atom. The number of rotatable bonds is 30. The number of aliphatic carboxylic acids is 1. The number of allylic oxidation sites excluding steroid dienone is 16. The Labute approximate surface area is 303 Å². The molecule has 8 nitrogen and oxygen atoms in total. The van der Waals surface area contributed by atoms with E-state index < -0.39 is 18.1 Å². The molecule has 0 aliphatic rings. The molecule has 0 aliphatic carbocycles. The van der Waals surface area contributed by atoms with Gasteiger partial charge >= 0.3 is 11.9 Å². The van der Waals surface area contributed by atoms with Crippen LogP contribution in [0.3, 0.4) is 0 Å². The molecule has 0 saturated heterocycles. The molecule has 0 saturated carbocycles. The standard InChI is InChI=1S/C42H65NO7/c1-6-8-10-12-14-16-18-20-22-24-26-28-30-32-40(44)49-37-38(36-48-35-34-39(42(46)47)43(3,4)5)50-41(45)33-31-29-27-25-23-21-19-17-15-13-11-9-7-2/h8-20,22,24,26,38-39H,6-7,21,23,25,27-37H2,1-5H3/b10-8+,11-9+,14-12+,15-13+,18-16+,19-17+,22-20+,26-24+. The van der Waals surface area contributed by atoms with Gasteiger partial charge in [0.15, 0.2) is 6.10 Å². The number of ether oxygens (including phenoxy) is 3. The van der Waals surface area contributed by atoms with E-state index in [2.05, 4.69) is 38.2 Å². The van der Waals surface area contributed by atoms with Crippen LogP contribution in [-0.2, 0) is 28.6 Å². The highest BCUT2D eigenvalue weighted by Crippen LogP contribution is 2.11. The number of carboxylic acid groups (broad SMARTS) is 1. The van der Waals surface area contributed by atoms with E-state index in [4.69, 9.17) is 14.2 Å². The summed E-state index contributed by atoms with van der Waals surface area (Å²) in [7, 11) is 5.35. The summed E-state index contributed by atoms with van der Waals surface area (Å²) in [5.41, 5.74) is 0. The first-order valence-corrected chi connectivity index (χ1v) is 18.4. The molecule has 0 rings (SSSR count). The highest BCUT2D eigenvalue weighted by molar-refractivity contribution is 5.70. The maximum absolute atomic E-state index is 12.6. The summed E-state index contributed by atoms with van der Waals surface area (Å²) in [6, 6.07) is -0.745. The fraction of sp³-hybridized carbons (Fsp3) is 0.548. The van der Waals surface area contributed by atoms with Crippen LogP contribution in [-0.4, -0.2) is 75.5 Å². The fourth-order valence-electron chi connectivity index (χ4n) is 4.57. The van der Waals surface area contributed by atoms with Crippen LogP contribution in [0.4, 0.5) is 0 Å². The predicted octanol–water partition coefficient (Wildman–Crippen LogP) is 7.84. The highest BCUT2D eigenvalue weighted by atomic mass is 16.6. The summed E-state index contributed by atoms with van der Waals surface area (Å²) in [4.78, 5) is 36.6. The highest BCUT2D eigenvalue weighted by Gasteiger charge is 2.25. The Morgan fingerprint density at radius 2 is 1.08 bits per heavy atom. The van der Waals surface area contributed by atoms with Crippen molar-refractivity contribution in [2.24, 2.45) is 0 Å². The van der Waals surface area contributed by atoms with Gasteiger partial charge in [-0.15, -0.1) is 0 Å². The summed E-state index contributed by atoms with van der Waals surface area (Å²) in [6.07, 6.45) is 41.6. The summed E-state index contributed by atoms with van der Waals surface area (Å²) in [6.45, 7) is 4.23. The van der Waals surface area contributed by atoms with Gasteiger partial charge in [0, 0.05) is 19.3 Å². The van der Waals surface area contributed by atoms with Gasteiger partial charge in [0.05, 0.1) is 40.3 Å².